The molecule has 0 radical (unpaired) electrons. The lowest BCUT2D eigenvalue weighted by atomic mass is 9.96. The van der Waals surface area contributed by atoms with Gasteiger partial charge in [0.1, 0.15) is 17.3 Å². The van der Waals surface area contributed by atoms with E-state index in [4.69, 9.17) is 38.1 Å². The quantitative estimate of drug-likeness (QED) is 0.0640. The number of thioether (sulfide) groups is 2. The van der Waals surface area contributed by atoms with Crippen LogP contribution in [0.3, 0.4) is 0 Å². The zero-order valence-electron chi connectivity index (χ0n) is 32.7. The molecule has 0 aliphatic carbocycles. The van der Waals surface area contributed by atoms with Crippen LogP contribution in [0.1, 0.15) is 60.1 Å². The highest BCUT2D eigenvalue weighted by Gasteiger charge is 2.28. The Balaban J connectivity index is 0.000000179. The van der Waals surface area contributed by atoms with Crippen LogP contribution in [0, 0.1) is 5.41 Å². The fourth-order valence-electron chi connectivity index (χ4n) is 7.49. The van der Waals surface area contributed by atoms with Gasteiger partial charge in [0.2, 0.25) is 0 Å². The highest BCUT2D eigenvalue weighted by Crippen LogP contribution is 2.35. The van der Waals surface area contributed by atoms with Gasteiger partial charge in [-0.25, -0.2) is 10.9 Å². The molecule has 0 fully saturated rings. The van der Waals surface area contributed by atoms with Crippen LogP contribution < -0.4 is 30.1 Å². The molecule has 4 N–H and O–H groups in total. The topological polar surface area (TPSA) is 164 Å². The number of benzene rings is 4. The molecule has 13 nitrogen and oxygen atoms in total. The summed E-state index contributed by atoms with van der Waals surface area (Å²) in [5, 5.41) is 31.3. The molecule has 59 heavy (non-hydrogen) atoms. The molecular weight excluding hydrogens is 832 g/mol. The van der Waals surface area contributed by atoms with Gasteiger partial charge in [-0.05, 0) is 122 Å². The van der Waals surface area contributed by atoms with Gasteiger partial charge in [-0.3, -0.25) is 15.0 Å². The number of amides is 2. The first-order valence-corrected chi connectivity index (χ1v) is 21.4. The number of nitrogens with one attached hydrogen (secondary N) is 3. The normalized spacial score (nSPS) is 18.8. The van der Waals surface area contributed by atoms with Gasteiger partial charge in [0.15, 0.2) is 5.84 Å². The van der Waals surface area contributed by atoms with Crippen molar-refractivity contribution in [2.45, 2.75) is 50.0 Å². The average molecular weight is 874 g/mol. The summed E-state index contributed by atoms with van der Waals surface area (Å²) >= 11 is 15.0. The van der Waals surface area contributed by atoms with E-state index in [1.54, 1.807) is 38.5 Å². The Labute approximate surface area is 360 Å². The average Bonchev–Trinajstić information content (AvgIpc) is 3.23. The van der Waals surface area contributed by atoms with Crippen molar-refractivity contribution in [1.82, 2.24) is 10.9 Å². The molecule has 2 amide bonds. The Morgan fingerprint density at radius 2 is 1.22 bits per heavy atom. The first kappa shape index (κ1) is 41.9. The van der Waals surface area contributed by atoms with Gasteiger partial charge >= 0.3 is 0 Å². The zero-order valence-corrected chi connectivity index (χ0v) is 35.9. The number of nitrogens with zero attached hydrogens (tertiary/aromatic N) is 5. The van der Waals surface area contributed by atoms with Crippen LogP contribution in [-0.2, 0) is 12.8 Å². The van der Waals surface area contributed by atoms with E-state index < -0.39 is 0 Å². The largest absolute Gasteiger partial charge is 0.495 e. The Morgan fingerprint density at radius 3 is 1.69 bits per heavy atom. The first-order valence-electron chi connectivity index (χ1n) is 18.9. The second-order valence-electron chi connectivity index (χ2n) is 14.0. The van der Waals surface area contributed by atoms with Crippen LogP contribution in [0.4, 0.5) is 21.0 Å². The highest BCUT2D eigenvalue weighted by atomic mass is 35.5. The number of hydrogen-bond acceptors (Lipinski definition) is 11. The predicted octanol–water partition coefficient (Wildman–Crippen LogP) is 9.16. The standard InChI is InChI=1S/C21H21ClN4O3S.C21H21ClN4O2S/c1-12-19(23-24-21(27)30-12)14-5-7-17-13(10-14)4-3-9-26(17)20(25-28)15-6-8-18(29-2)16(22)11-15;1-12-19(24-25-21(27)29-12)14-5-7-17-13(10-14)4-3-9-26(17)20(23)15-6-8-18(28-2)16(22)11-15/h5-8,10-12,28H,3-4,9H2,1-2H3,(H,24,27);5-8,10-12,23H,3-4,9H2,1-2H3,(H,25,27)/b25-20-;. The van der Waals surface area contributed by atoms with Crippen molar-refractivity contribution in [3.05, 3.63) is 116 Å². The molecule has 0 saturated heterocycles. The number of hydrogen-bond donors (Lipinski definition) is 4. The summed E-state index contributed by atoms with van der Waals surface area (Å²) in [4.78, 5) is 27.0. The van der Waals surface area contributed by atoms with Gasteiger partial charge in [-0.15, -0.1) is 0 Å². The van der Waals surface area contributed by atoms with Gasteiger partial charge in [-0.2, -0.15) is 10.2 Å². The molecule has 0 bridgehead atoms. The number of amidine groups is 2. The molecule has 0 saturated carbocycles. The Hall–Kier alpha value is -5.22. The number of carbonyl (C=O) groups excluding carboxylic acids is 2. The molecule has 2 unspecified atom stereocenters. The maximum absolute atomic E-state index is 11.5. The molecule has 17 heteroatoms. The minimum atomic E-state index is -0.141. The van der Waals surface area contributed by atoms with E-state index in [0.717, 1.165) is 83.8 Å². The summed E-state index contributed by atoms with van der Waals surface area (Å²) in [5.74, 6) is 2.00. The van der Waals surface area contributed by atoms with E-state index in [1.165, 1.54) is 29.1 Å². The smallest absolute Gasteiger partial charge is 0.299 e. The Kier molecular flexibility index (Phi) is 13.0. The molecule has 0 spiro atoms. The fraction of sp³-hybridized carbons (Fsp3) is 0.286. The van der Waals surface area contributed by atoms with E-state index in [0.29, 0.717) is 38.8 Å². The second-order valence-corrected chi connectivity index (χ2v) is 17.4. The van der Waals surface area contributed by atoms with Crippen molar-refractivity contribution in [2.75, 3.05) is 37.1 Å². The highest BCUT2D eigenvalue weighted by molar-refractivity contribution is 8.15. The molecule has 306 valence electrons. The molecule has 4 aromatic rings. The van der Waals surface area contributed by atoms with Crippen LogP contribution in [-0.4, -0.2) is 76.6 Å². The number of aryl methyl sites for hydroxylation is 2. The number of oxime groups is 1. The van der Waals surface area contributed by atoms with Crippen LogP contribution in [0.2, 0.25) is 10.0 Å². The molecule has 4 aliphatic heterocycles. The maximum Gasteiger partial charge on any atom is 0.299 e. The third kappa shape index (κ3) is 9.03. The number of hydrazone groups is 2. The third-order valence-corrected chi connectivity index (χ3v) is 12.7. The van der Waals surface area contributed by atoms with Crippen molar-refractivity contribution in [2.24, 2.45) is 15.4 Å². The summed E-state index contributed by atoms with van der Waals surface area (Å²) in [6.45, 7) is 5.45. The van der Waals surface area contributed by atoms with Crippen LogP contribution in [0.15, 0.2) is 88.2 Å². The Bertz CT molecular complexity index is 2410. The van der Waals surface area contributed by atoms with Gasteiger partial charge < -0.3 is 24.5 Å². The number of anilines is 2. The number of methoxy groups -OCH3 is 2. The summed E-state index contributed by atoms with van der Waals surface area (Å²) in [5.41, 5.74) is 14.5. The number of carbonyl (C=O) groups is 2. The summed E-state index contributed by atoms with van der Waals surface area (Å²) < 4.78 is 10.4. The fourth-order valence-corrected chi connectivity index (χ4v) is 9.44. The van der Waals surface area contributed by atoms with E-state index in [9.17, 15) is 14.8 Å². The second kappa shape index (κ2) is 18.4. The first-order chi connectivity index (χ1) is 28.5. The van der Waals surface area contributed by atoms with Crippen molar-refractivity contribution in [1.29, 1.82) is 5.41 Å². The van der Waals surface area contributed by atoms with E-state index in [-0.39, 0.29) is 21.0 Å². The summed E-state index contributed by atoms with van der Waals surface area (Å²) in [6.07, 6.45) is 3.71. The van der Waals surface area contributed by atoms with Crippen LogP contribution >= 0.6 is 46.7 Å². The van der Waals surface area contributed by atoms with Crippen LogP contribution in [0.25, 0.3) is 0 Å². The lowest BCUT2D eigenvalue weighted by Crippen LogP contribution is -2.36. The number of ether oxygens (including phenoxy) is 2. The molecule has 8 rings (SSSR count). The molecule has 4 aromatic carbocycles. The van der Waals surface area contributed by atoms with Gasteiger partial charge in [0.05, 0.1) is 46.2 Å². The van der Waals surface area contributed by atoms with Crippen LogP contribution in [0.5, 0.6) is 11.5 Å². The minimum Gasteiger partial charge on any atom is -0.495 e. The van der Waals surface area contributed by atoms with Crippen molar-refractivity contribution in [3.8, 4) is 11.5 Å². The number of halogens is 2. The molecule has 0 aromatic heterocycles. The molecule has 2 atom stereocenters. The van der Waals surface area contributed by atoms with Gasteiger partial charge in [0, 0.05) is 35.6 Å². The van der Waals surface area contributed by atoms with Crippen molar-refractivity contribution < 1.29 is 24.3 Å². The molecule has 4 aliphatic rings. The minimum absolute atomic E-state index is 0.00114. The SMILES string of the molecule is COc1ccc(/C(=N/O)N2CCCc3cc(C4=NNC(=O)SC4C)ccc32)cc1Cl.COc1ccc(C(=N)N2CCCc3cc(C4=NNC(=O)SC4C)ccc32)cc1Cl. The Morgan fingerprint density at radius 1 is 0.746 bits per heavy atom. The van der Waals surface area contributed by atoms with Crippen molar-refractivity contribution in [3.63, 3.8) is 0 Å². The lowest BCUT2D eigenvalue weighted by Gasteiger charge is -2.32. The van der Waals surface area contributed by atoms with E-state index in [2.05, 4.69) is 38.3 Å². The summed E-state index contributed by atoms with van der Waals surface area (Å²) in [7, 11) is 3.13. The lowest BCUT2D eigenvalue weighted by molar-refractivity contribution is 0.260. The van der Waals surface area contributed by atoms with E-state index in [1.807, 2.05) is 60.0 Å². The maximum atomic E-state index is 11.5. The zero-order chi connectivity index (χ0) is 41.8. The third-order valence-electron chi connectivity index (χ3n) is 10.3. The van der Waals surface area contributed by atoms with Gasteiger partial charge in [-0.1, -0.05) is 64.0 Å². The van der Waals surface area contributed by atoms with E-state index >= 15 is 0 Å². The number of rotatable bonds is 6. The summed E-state index contributed by atoms with van der Waals surface area (Å²) in [6, 6.07) is 23.0. The predicted molar refractivity (Wildman–Crippen MR) is 240 cm³/mol. The molecular formula is C42H42Cl2N8O5S2. The van der Waals surface area contributed by atoms with Crippen molar-refractivity contribution >= 4 is 91.7 Å². The molecule has 4 heterocycles. The number of fused-ring (bicyclic) bond motifs is 2. The van der Waals surface area contributed by atoms with Gasteiger partial charge in [0.25, 0.3) is 10.5 Å². The monoisotopic (exact) mass is 872 g/mol.